The van der Waals surface area contributed by atoms with Gasteiger partial charge in [-0.05, 0) is 17.2 Å². The van der Waals surface area contributed by atoms with Gasteiger partial charge in [-0.25, -0.2) is 0 Å². The van der Waals surface area contributed by atoms with Crippen molar-refractivity contribution in [2.75, 3.05) is 20.1 Å². The highest BCUT2D eigenvalue weighted by atomic mass is 16.4. The van der Waals surface area contributed by atoms with Crippen LogP contribution in [0.25, 0.3) is 0 Å². The lowest BCUT2D eigenvalue weighted by Crippen LogP contribution is -2.38. The van der Waals surface area contributed by atoms with Crippen LogP contribution >= 0.6 is 0 Å². The number of hydrogen-bond acceptors (Lipinski definition) is 4. The molecule has 0 aliphatic carbocycles. The molecule has 2 atom stereocenters. The van der Waals surface area contributed by atoms with Gasteiger partial charge in [-0.3, -0.25) is 19.5 Å². The zero-order chi connectivity index (χ0) is 18.5. The molecule has 2 heterocycles. The van der Waals surface area contributed by atoms with E-state index >= 15 is 0 Å². The van der Waals surface area contributed by atoms with Crippen LogP contribution in [0.5, 0.6) is 0 Å². The topological polar surface area (TPSA) is 73.7 Å². The summed E-state index contributed by atoms with van der Waals surface area (Å²) in [6, 6.07) is 13.6. The van der Waals surface area contributed by atoms with Gasteiger partial charge in [0.15, 0.2) is 0 Å². The third-order valence-corrected chi connectivity index (χ3v) is 4.80. The maximum Gasteiger partial charge on any atom is 0.308 e. The number of hydrogen-bond donors (Lipinski definition) is 1. The van der Waals surface area contributed by atoms with Gasteiger partial charge in [0.1, 0.15) is 0 Å². The number of rotatable bonds is 6. The Kier molecular flexibility index (Phi) is 5.63. The Hall–Kier alpha value is -2.73. The van der Waals surface area contributed by atoms with Crippen molar-refractivity contribution in [1.82, 2.24) is 14.8 Å². The zero-order valence-corrected chi connectivity index (χ0v) is 14.8. The predicted molar refractivity (Wildman–Crippen MR) is 97.0 cm³/mol. The molecule has 3 rings (SSSR count). The van der Waals surface area contributed by atoms with Crippen molar-refractivity contribution < 1.29 is 14.7 Å². The number of amides is 1. The molecule has 0 bridgehead atoms. The van der Waals surface area contributed by atoms with Gasteiger partial charge in [0.25, 0.3) is 0 Å². The van der Waals surface area contributed by atoms with Gasteiger partial charge in [0.2, 0.25) is 5.91 Å². The molecule has 0 radical (unpaired) electrons. The largest absolute Gasteiger partial charge is 0.481 e. The van der Waals surface area contributed by atoms with Gasteiger partial charge >= 0.3 is 5.97 Å². The molecule has 1 saturated heterocycles. The Morgan fingerprint density at radius 1 is 1.12 bits per heavy atom. The third kappa shape index (κ3) is 4.26. The molecule has 1 aromatic carbocycles. The van der Waals surface area contributed by atoms with Crippen molar-refractivity contribution in [1.29, 1.82) is 0 Å². The number of nitrogens with zero attached hydrogens (tertiary/aromatic N) is 3. The van der Waals surface area contributed by atoms with Crippen LogP contribution in [0.15, 0.2) is 54.9 Å². The van der Waals surface area contributed by atoms with Crippen LogP contribution in [0.4, 0.5) is 0 Å². The summed E-state index contributed by atoms with van der Waals surface area (Å²) in [4.78, 5) is 32.3. The third-order valence-electron chi connectivity index (χ3n) is 4.80. The van der Waals surface area contributed by atoms with Crippen molar-refractivity contribution in [3.63, 3.8) is 0 Å². The molecule has 1 aliphatic heterocycles. The fourth-order valence-electron chi connectivity index (χ4n) is 3.48. The monoisotopic (exact) mass is 353 g/mol. The first-order chi connectivity index (χ1) is 12.5. The molecular formula is C20H23N3O3. The predicted octanol–water partition coefficient (Wildman–Crippen LogP) is 1.87. The van der Waals surface area contributed by atoms with E-state index in [2.05, 4.69) is 9.88 Å². The molecule has 136 valence electrons. The number of aliphatic carboxylic acids is 1. The number of carboxylic acids is 1. The number of likely N-dealkylation sites (tertiary alicyclic amines) is 1. The average molecular weight is 353 g/mol. The highest BCUT2D eigenvalue weighted by Gasteiger charge is 2.42. The standard InChI is InChI=1S/C20H23N3O3/c1-22(11-16-8-5-9-21-10-16)19(24)17-13-23(14-18(17)20(25)26)12-15-6-3-2-4-7-15/h2-10,17-18H,11-14H2,1H3,(H,25,26)/t17-,18+/m0/s1. The van der Waals surface area contributed by atoms with Crippen molar-refractivity contribution in [3.8, 4) is 0 Å². The Morgan fingerprint density at radius 3 is 2.46 bits per heavy atom. The summed E-state index contributed by atoms with van der Waals surface area (Å²) in [6.45, 7) is 1.93. The molecule has 1 amide bonds. The van der Waals surface area contributed by atoms with E-state index in [0.717, 1.165) is 11.1 Å². The van der Waals surface area contributed by atoms with Gasteiger partial charge in [-0.15, -0.1) is 0 Å². The molecule has 1 aromatic heterocycles. The second kappa shape index (κ2) is 8.10. The van der Waals surface area contributed by atoms with Gasteiger partial charge in [0, 0.05) is 45.6 Å². The van der Waals surface area contributed by atoms with Crippen LogP contribution in [-0.4, -0.2) is 51.9 Å². The Bertz CT molecular complexity index is 751. The molecule has 2 aromatic rings. The summed E-state index contributed by atoms with van der Waals surface area (Å²) in [5.74, 6) is -2.24. The van der Waals surface area contributed by atoms with Crippen LogP contribution in [0.2, 0.25) is 0 Å². The van der Waals surface area contributed by atoms with Gasteiger partial charge in [-0.2, -0.15) is 0 Å². The fraction of sp³-hybridized carbons (Fsp3) is 0.350. The molecule has 0 spiro atoms. The number of carbonyl (C=O) groups excluding carboxylic acids is 1. The minimum absolute atomic E-state index is 0.128. The summed E-state index contributed by atoms with van der Waals surface area (Å²) in [5, 5.41) is 9.58. The lowest BCUT2D eigenvalue weighted by atomic mass is 9.95. The molecule has 1 fully saturated rings. The van der Waals surface area contributed by atoms with Crippen molar-refractivity contribution in [2.24, 2.45) is 11.8 Å². The van der Waals surface area contributed by atoms with Crippen LogP contribution in [0, 0.1) is 11.8 Å². The highest BCUT2D eigenvalue weighted by molar-refractivity contribution is 5.85. The lowest BCUT2D eigenvalue weighted by molar-refractivity contribution is -0.148. The van der Waals surface area contributed by atoms with Gasteiger partial charge in [0.05, 0.1) is 11.8 Å². The maximum absolute atomic E-state index is 12.9. The van der Waals surface area contributed by atoms with E-state index in [1.54, 1.807) is 24.3 Å². The molecule has 26 heavy (non-hydrogen) atoms. The number of pyridine rings is 1. The number of benzene rings is 1. The Morgan fingerprint density at radius 2 is 1.81 bits per heavy atom. The second-order valence-corrected chi connectivity index (χ2v) is 6.79. The summed E-state index contributed by atoms with van der Waals surface area (Å²) in [7, 11) is 1.72. The second-order valence-electron chi connectivity index (χ2n) is 6.79. The van der Waals surface area contributed by atoms with Crippen molar-refractivity contribution >= 4 is 11.9 Å². The van der Waals surface area contributed by atoms with Crippen molar-refractivity contribution in [3.05, 3.63) is 66.0 Å². The first-order valence-corrected chi connectivity index (χ1v) is 8.67. The van der Waals surface area contributed by atoms with E-state index < -0.39 is 17.8 Å². The van der Waals surface area contributed by atoms with Crippen LogP contribution in [0.3, 0.4) is 0 Å². The highest BCUT2D eigenvalue weighted by Crippen LogP contribution is 2.27. The van der Waals surface area contributed by atoms with E-state index in [-0.39, 0.29) is 5.91 Å². The fourth-order valence-corrected chi connectivity index (χ4v) is 3.48. The first kappa shape index (κ1) is 18.1. The van der Waals surface area contributed by atoms with E-state index in [0.29, 0.717) is 26.2 Å². The molecule has 6 heteroatoms. The molecule has 0 saturated carbocycles. The van der Waals surface area contributed by atoms with E-state index in [9.17, 15) is 14.7 Å². The summed E-state index contributed by atoms with van der Waals surface area (Å²) in [6.07, 6.45) is 3.40. The number of carboxylic acid groups (broad SMARTS) is 1. The molecule has 1 N–H and O–H groups in total. The maximum atomic E-state index is 12.9. The number of carbonyl (C=O) groups is 2. The molecular weight excluding hydrogens is 330 g/mol. The molecule has 1 aliphatic rings. The van der Waals surface area contributed by atoms with Crippen molar-refractivity contribution in [2.45, 2.75) is 13.1 Å². The van der Waals surface area contributed by atoms with Gasteiger partial charge < -0.3 is 10.0 Å². The van der Waals surface area contributed by atoms with E-state index in [1.165, 1.54) is 0 Å². The van der Waals surface area contributed by atoms with E-state index in [4.69, 9.17) is 0 Å². The minimum atomic E-state index is -0.909. The lowest BCUT2D eigenvalue weighted by Gasteiger charge is -2.23. The number of aromatic nitrogens is 1. The Balaban J connectivity index is 1.68. The molecule has 6 nitrogen and oxygen atoms in total. The summed E-state index contributed by atoms with van der Waals surface area (Å²) < 4.78 is 0. The van der Waals surface area contributed by atoms with Crippen LogP contribution in [-0.2, 0) is 22.7 Å². The smallest absolute Gasteiger partial charge is 0.308 e. The van der Waals surface area contributed by atoms with Crippen LogP contribution in [0.1, 0.15) is 11.1 Å². The Labute approximate surface area is 153 Å². The average Bonchev–Trinajstić information content (AvgIpc) is 3.07. The molecule has 0 unspecified atom stereocenters. The zero-order valence-electron chi connectivity index (χ0n) is 14.8. The summed E-state index contributed by atoms with van der Waals surface area (Å²) in [5.41, 5.74) is 2.04. The van der Waals surface area contributed by atoms with Gasteiger partial charge in [-0.1, -0.05) is 36.4 Å². The first-order valence-electron chi connectivity index (χ1n) is 8.67. The summed E-state index contributed by atoms with van der Waals surface area (Å²) >= 11 is 0. The quantitative estimate of drug-likeness (QED) is 0.858. The van der Waals surface area contributed by atoms with Crippen LogP contribution < -0.4 is 0 Å². The minimum Gasteiger partial charge on any atom is -0.481 e. The van der Waals surface area contributed by atoms with E-state index in [1.807, 2.05) is 42.5 Å². The normalized spacial score (nSPS) is 20.0. The SMILES string of the molecule is CN(Cc1cccnc1)C(=O)[C@H]1CN(Cc2ccccc2)C[C@H]1C(=O)O.